The molecule has 112 valence electrons. The molecule has 1 aromatic rings. The summed E-state index contributed by atoms with van der Waals surface area (Å²) in [6.45, 7) is 2.78. The zero-order valence-corrected chi connectivity index (χ0v) is 12.5. The Morgan fingerprint density at radius 3 is 2.30 bits per heavy atom. The second kappa shape index (κ2) is 6.95. The molecule has 0 spiro atoms. The maximum atomic E-state index is 10.5. The number of hydrogen-bond acceptors (Lipinski definition) is 4. The molecule has 0 amide bonds. The highest BCUT2D eigenvalue weighted by Crippen LogP contribution is 2.41. The lowest BCUT2D eigenvalue weighted by Gasteiger charge is -2.36. The Bertz CT molecular complexity index is 404. The molecule has 0 saturated heterocycles. The summed E-state index contributed by atoms with van der Waals surface area (Å²) in [6.07, 6.45) is 2.59. The van der Waals surface area contributed by atoms with Crippen LogP contribution in [0.1, 0.15) is 37.9 Å². The summed E-state index contributed by atoms with van der Waals surface area (Å²) < 4.78 is 16.2. The predicted molar refractivity (Wildman–Crippen MR) is 77.3 cm³/mol. The first-order chi connectivity index (χ1) is 9.69. The average Bonchev–Trinajstić information content (AvgIpc) is 2.43. The van der Waals surface area contributed by atoms with E-state index in [0.29, 0.717) is 23.5 Å². The van der Waals surface area contributed by atoms with Crippen LogP contribution in [0.4, 0.5) is 0 Å². The van der Waals surface area contributed by atoms with E-state index in [2.05, 4.69) is 0 Å². The predicted octanol–water partition coefficient (Wildman–Crippen LogP) is 2.94. The Balaban J connectivity index is 2.00. The summed E-state index contributed by atoms with van der Waals surface area (Å²) >= 11 is 0. The van der Waals surface area contributed by atoms with Gasteiger partial charge in [-0.1, -0.05) is 6.07 Å². The van der Waals surface area contributed by atoms with Crippen LogP contribution < -0.4 is 9.47 Å². The van der Waals surface area contributed by atoms with Crippen molar-refractivity contribution in [2.24, 2.45) is 5.92 Å². The van der Waals surface area contributed by atoms with Gasteiger partial charge in [0, 0.05) is 6.61 Å². The van der Waals surface area contributed by atoms with Crippen LogP contribution in [0.15, 0.2) is 18.2 Å². The monoisotopic (exact) mass is 280 g/mol. The topological polar surface area (TPSA) is 47.9 Å². The summed E-state index contributed by atoms with van der Waals surface area (Å²) in [5, 5.41) is 10.5. The molecule has 0 aromatic heterocycles. The zero-order chi connectivity index (χ0) is 14.5. The summed E-state index contributed by atoms with van der Waals surface area (Å²) in [7, 11) is 3.22. The van der Waals surface area contributed by atoms with Crippen molar-refractivity contribution in [3.8, 4) is 11.5 Å². The molecule has 0 bridgehead atoms. The molecule has 1 saturated carbocycles. The number of ether oxygens (including phenoxy) is 3. The van der Waals surface area contributed by atoms with Gasteiger partial charge >= 0.3 is 0 Å². The summed E-state index contributed by atoms with van der Waals surface area (Å²) in [4.78, 5) is 0. The Morgan fingerprint density at radius 1 is 1.20 bits per heavy atom. The number of methoxy groups -OCH3 is 2. The Morgan fingerprint density at radius 2 is 1.80 bits per heavy atom. The van der Waals surface area contributed by atoms with Crippen molar-refractivity contribution in [1.82, 2.24) is 0 Å². The molecule has 0 heterocycles. The van der Waals surface area contributed by atoms with Crippen LogP contribution in [0.2, 0.25) is 0 Å². The van der Waals surface area contributed by atoms with E-state index in [-0.39, 0.29) is 0 Å². The van der Waals surface area contributed by atoms with Gasteiger partial charge in [-0.2, -0.15) is 0 Å². The zero-order valence-electron chi connectivity index (χ0n) is 12.5. The van der Waals surface area contributed by atoms with Crippen molar-refractivity contribution in [3.63, 3.8) is 0 Å². The first kappa shape index (κ1) is 15.1. The molecule has 1 N–H and O–H groups in total. The van der Waals surface area contributed by atoms with Crippen LogP contribution in [0, 0.1) is 5.92 Å². The minimum atomic E-state index is -0.561. The van der Waals surface area contributed by atoms with Gasteiger partial charge in [-0.25, -0.2) is 0 Å². The van der Waals surface area contributed by atoms with Crippen molar-refractivity contribution in [1.29, 1.82) is 0 Å². The van der Waals surface area contributed by atoms with Gasteiger partial charge < -0.3 is 19.3 Å². The number of benzene rings is 1. The van der Waals surface area contributed by atoms with E-state index < -0.39 is 6.10 Å². The molecule has 4 nitrogen and oxygen atoms in total. The van der Waals surface area contributed by atoms with Crippen molar-refractivity contribution >= 4 is 0 Å². The molecule has 1 unspecified atom stereocenters. The molecule has 1 aliphatic carbocycles. The molecular formula is C16H24O4. The van der Waals surface area contributed by atoms with Gasteiger partial charge in [-0.3, -0.25) is 0 Å². The van der Waals surface area contributed by atoms with E-state index in [1.54, 1.807) is 14.2 Å². The molecule has 1 atom stereocenters. The fourth-order valence-corrected chi connectivity index (χ4v) is 2.88. The SMILES string of the molecule is CCOC1CC(CC(O)c2c(OC)cccc2OC)C1. The molecule has 1 fully saturated rings. The van der Waals surface area contributed by atoms with E-state index >= 15 is 0 Å². The van der Waals surface area contributed by atoms with E-state index in [1.165, 1.54) is 0 Å². The lowest BCUT2D eigenvalue weighted by atomic mass is 9.77. The van der Waals surface area contributed by atoms with Crippen molar-refractivity contribution in [2.45, 2.75) is 38.4 Å². The highest BCUT2D eigenvalue weighted by molar-refractivity contribution is 5.46. The van der Waals surface area contributed by atoms with Gasteiger partial charge in [0.25, 0.3) is 0 Å². The van der Waals surface area contributed by atoms with Crippen LogP contribution in [0.25, 0.3) is 0 Å². The quantitative estimate of drug-likeness (QED) is 0.834. The summed E-state index contributed by atoms with van der Waals surface area (Å²) in [6, 6.07) is 5.57. The normalized spacial score (nSPS) is 23.0. The molecule has 2 rings (SSSR count). The maximum Gasteiger partial charge on any atom is 0.128 e. The number of hydrogen-bond donors (Lipinski definition) is 1. The Kier molecular flexibility index (Phi) is 5.26. The van der Waals surface area contributed by atoms with Crippen molar-refractivity contribution in [2.75, 3.05) is 20.8 Å². The highest BCUT2D eigenvalue weighted by atomic mass is 16.5. The van der Waals surface area contributed by atoms with Crippen molar-refractivity contribution in [3.05, 3.63) is 23.8 Å². The molecule has 0 radical (unpaired) electrons. The smallest absolute Gasteiger partial charge is 0.128 e. The Hall–Kier alpha value is -1.26. The largest absolute Gasteiger partial charge is 0.496 e. The minimum Gasteiger partial charge on any atom is -0.496 e. The van der Waals surface area contributed by atoms with Crippen LogP contribution in [-0.4, -0.2) is 32.0 Å². The lowest BCUT2D eigenvalue weighted by molar-refractivity contribution is -0.0383. The van der Waals surface area contributed by atoms with E-state index in [4.69, 9.17) is 14.2 Å². The van der Waals surface area contributed by atoms with Gasteiger partial charge in [0.1, 0.15) is 11.5 Å². The number of aliphatic hydroxyl groups excluding tert-OH is 1. The molecular weight excluding hydrogens is 256 g/mol. The third-order valence-electron chi connectivity index (χ3n) is 3.95. The fraction of sp³-hybridized carbons (Fsp3) is 0.625. The van der Waals surface area contributed by atoms with Crippen LogP contribution in [0.5, 0.6) is 11.5 Å². The first-order valence-electron chi connectivity index (χ1n) is 7.20. The molecule has 1 aromatic carbocycles. The van der Waals surface area contributed by atoms with Crippen LogP contribution in [0.3, 0.4) is 0 Å². The minimum absolute atomic E-state index is 0.372. The molecule has 20 heavy (non-hydrogen) atoms. The van der Waals surface area contributed by atoms with Gasteiger partial charge in [-0.15, -0.1) is 0 Å². The molecule has 0 aliphatic heterocycles. The third-order valence-corrected chi connectivity index (χ3v) is 3.95. The van der Waals surface area contributed by atoms with Crippen LogP contribution in [-0.2, 0) is 4.74 Å². The molecule has 4 heteroatoms. The van der Waals surface area contributed by atoms with E-state index in [0.717, 1.165) is 31.4 Å². The van der Waals surface area contributed by atoms with Crippen LogP contribution >= 0.6 is 0 Å². The number of rotatable bonds is 7. The second-order valence-electron chi connectivity index (χ2n) is 5.24. The maximum absolute atomic E-state index is 10.5. The average molecular weight is 280 g/mol. The number of aliphatic hydroxyl groups is 1. The summed E-state index contributed by atoms with van der Waals surface area (Å²) in [5.74, 6) is 1.87. The fourth-order valence-electron chi connectivity index (χ4n) is 2.88. The lowest BCUT2D eigenvalue weighted by Crippen LogP contribution is -2.32. The second-order valence-corrected chi connectivity index (χ2v) is 5.24. The Labute approximate surface area is 120 Å². The van der Waals surface area contributed by atoms with Gasteiger partial charge in [0.05, 0.1) is 32.0 Å². The van der Waals surface area contributed by atoms with Gasteiger partial charge in [0.2, 0.25) is 0 Å². The van der Waals surface area contributed by atoms with E-state index in [1.807, 2.05) is 25.1 Å². The first-order valence-corrected chi connectivity index (χ1v) is 7.20. The van der Waals surface area contributed by atoms with Gasteiger partial charge in [0.15, 0.2) is 0 Å². The van der Waals surface area contributed by atoms with E-state index in [9.17, 15) is 5.11 Å². The summed E-state index contributed by atoms with van der Waals surface area (Å²) in [5.41, 5.74) is 0.748. The standard InChI is InChI=1S/C16H24O4/c1-4-20-12-8-11(9-12)10-13(17)16-14(18-2)6-5-7-15(16)19-3/h5-7,11-13,17H,4,8-10H2,1-3H3. The third kappa shape index (κ3) is 3.25. The molecule has 1 aliphatic rings. The highest BCUT2D eigenvalue weighted by Gasteiger charge is 2.32. The van der Waals surface area contributed by atoms with Crippen molar-refractivity contribution < 1.29 is 19.3 Å². The van der Waals surface area contributed by atoms with Gasteiger partial charge in [-0.05, 0) is 44.2 Å².